The first kappa shape index (κ1) is 15.8. The van der Waals surface area contributed by atoms with Crippen LogP contribution < -0.4 is 10.6 Å². The molecule has 0 aromatic heterocycles. The molecule has 0 aliphatic carbocycles. The van der Waals surface area contributed by atoms with E-state index in [1.54, 1.807) is 0 Å². The fourth-order valence-electron chi connectivity index (χ4n) is 3.09. The van der Waals surface area contributed by atoms with Crippen molar-refractivity contribution in [3.63, 3.8) is 0 Å². The number of hydrogen-bond acceptors (Lipinski definition) is 2. The van der Waals surface area contributed by atoms with E-state index in [2.05, 4.69) is 50.5 Å². The molecule has 4 nitrogen and oxygen atoms in total. The smallest absolute Gasteiger partial charge is 0.322 e. The summed E-state index contributed by atoms with van der Waals surface area (Å²) < 4.78 is 0. The molecule has 3 atom stereocenters. The van der Waals surface area contributed by atoms with Crippen LogP contribution in [0.15, 0.2) is 24.3 Å². The summed E-state index contributed by atoms with van der Waals surface area (Å²) in [5.74, 6) is 0.589. The van der Waals surface area contributed by atoms with Crippen molar-refractivity contribution in [1.29, 1.82) is 0 Å². The molecule has 3 unspecified atom stereocenters. The first-order chi connectivity index (χ1) is 10.0. The Bertz CT molecular complexity index is 489. The number of rotatable bonds is 4. The lowest BCUT2D eigenvalue weighted by atomic mass is 10.1. The SMILES string of the molecule is CCNC(C)c1cccc(NC(=O)N2CC(C)CC2C)c1. The largest absolute Gasteiger partial charge is 0.322 e. The average molecular weight is 289 g/mol. The summed E-state index contributed by atoms with van der Waals surface area (Å²) in [7, 11) is 0. The van der Waals surface area contributed by atoms with E-state index in [0.717, 1.165) is 25.2 Å². The van der Waals surface area contributed by atoms with Gasteiger partial charge < -0.3 is 15.5 Å². The summed E-state index contributed by atoms with van der Waals surface area (Å²) in [6, 6.07) is 8.71. The van der Waals surface area contributed by atoms with Crippen LogP contribution in [0.25, 0.3) is 0 Å². The number of benzene rings is 1. The lowest BCUT2D eigenvalue weighted by Crippen LogP contribution is -2.37. The molecule has 2 N–H and O–H groups in total. The van der Waals surface area contributed by atoms with Crippen molar-refractivity contribution < 1.29 is 4.79 Å². The summed E-state index contributed by atoms with van der Waals surface area (Å²) in [4.78, 5) is 14.3. The van der Waals surface area contributed by atoms with Gasteiger partial charge in [0.05, 0.1) is 0 Å². The van der Waals surface area contributed by atoms with Crippen molar-refractivity contribution in [3.8, 4) is 0 Å². The number of urea groups is 1. The predicted octanol–water partition coefficient (Wildman–Crippen LogP) is 3.62. The van der Waals surface area contributed by atoms with Crippen molar-refractivity contribution in [1.82, 2.24) is 10.2 Å². The Kier molecular flexibility index (Phi) is 5.23. The summed E-state index contributed by atoms with van der Waals surface area (Å²) in [6.45, 7) is 10.3. The summed E-state index contributed by atoms with van der Waals surface area (Å²) >= 11 is 0. The molecule has 1 aromatic rings. The number of likely N-dealkylation sites (tertiary alicyclic amines) is 1. The lowest BCUT2D eigenvalue weighted by molar-refractivity contribution is 0.209. The Morgan fingerprint density at radius 1 is 1.43 bits per heavy atom. The Labute approximate surface area is 127 Å². The summed E-state index contributed by atoms with van der Waals surface area (Å²) in [6.07, 6.45) is 1.09. The second-order valence-corrected chi connectivity index (χ2v) is 6.18. The Morgan fingerprint density at radius 2 is 2.19 bits per heavy atom. The van der Waals surface area contributed by atoms with E-state index in [0.29, 0.717) is 12.0 Å². The highest BCUT2D eigenvalue weighted by Gasteiger charge is 2.29. The van der Waals surface area contributed by atoms with Gasteiger partial charge in [-0.15, -0.1) is 0 Å². The molecule has 2 amide bonds. The summed E-state index contributed by atoms with van der Waals surface area (Å²) in [5, 5.41) is 6.42. The number of nitrogens with zero attached hydrogens (tertiary/aromatic N) is 1. The molecular weight excluding hydrogens is 262 g/mol. The standard InChI is InChI=1S/C17H27N3O/c1-5-18-14(4)15-7-6-8-16(10-15)19-17(21)20-11-12(2)9-13(20)3/h6-8,10,12-14,18H,5,9,11H2,1-4H3,(H,19,21). The molecule has 0 saturated carbocycles. The highest BCUT2D eigenvalue weighted by molar-refractivity contribution is 5.89. The van der Waals surface area contributed by atoms with E-state index in [9.17, 15) is 4.79 Å². The first-order valence-electron chi connectivity index (χ1n) is 7.92. The van der Waals surface area contributed by atoms with E-state index >= 15 is 0 Å². The van der Waals surface area contributed by atoms with Crippen LogP contribution in [0.3, 0.4) is 0 Å². The zero-order valence-electron chi connectivity index (χ0n) is 13.5. The average Bonchev–Trinajstić information content (AvgIpc) is 2.78. The Hall–Kier alpha value is -1.55. The molecule has 1 fully saturated rings. The maximum absolute atomic E-state index is 12.4. The van der Waals surface area contributed by atoms with E-state index < -0.39 is 0 Å². The summed E-state index contributed by atoms with van der Waals surface area (Å²) in [5.41, 5.74) is 2.06. The topological polar surface area (TPSA) is 44.4 Å². The fraction of sp³-hybridized carbons (Fsp3) is 0.588. The van der Waals surface area contributed by atoms with Crippen molar-refractivity contribution in [2.45, 2.75) is 46.2 Å². The monoisotopic (exact) mass is 289 g/mol. The van der Waals surface area contributed by atoms with Crippen LogP contribution >= 0.6 is 0 Å². The minimum absolute atomic E-state index is 0.0140. The van der Waals surface area contributed by atoms with Gasteiger partial charge >= 0.3 is 6.03 Å². The van der Waals surface area contributed by atoms with Gasteiger partial charge in [0.15, 0.2) is 0 Å². The number of carbonyl (C=O) groups is 1. The van der Waals surface area contributed by atoms with Crippen molar-refractivity contribution >= 4 is 11.7 Å². The first-order valence-corrected chi connectivity index (χ1v) is 7.92. The van der Waals surface area contributed by atoms with Crippen LogP contribution in [0.5, 0.6) is 0 Å². The van der Waals surface area contributed by atoms with Crippen LogP contribution in [-0.4, -0.2) is 30.1 Å². The van der Waals surface area contributed by atoms with Crippen molar-refractivity contribution in [2.24, 2.45) is 5.92 Å². The van der Waals surface area contributed by atoms with Gasteiger partial charge in [-0.3, -0.25) is 0 Å². The molecule has 1 saturated heterocycles. The molecule has 4 heteroatoms. The maximum atomic E-state index is 12.4. The number of amides is 2. The molecule has 1 aliphatic heterocycles. The predicted molar refractivity (Wildman–Crippen MR) is 87.5 cm³/mol. The van der Waals surface area contributed by atoms with Gasteiger partial charge in [-0.2, -0.15) is 0 Å². The molecule has 21 heavy (non-hydrogen) atoms. The van der Waals surface area contributed by atoms with Gasteiger partial charge in [-0.1, -0.05) is 26.0 Å². The van der Waals surface area contributed by atoms with E-state index in [4.69, 9.17) is 0 Å². The maximum Gasteiger partial charge on any atom is 0.322 e. The molecule has 0 radical (unpaired) electrons. The van der Waals surface area contributed by atoms with E-state index in [-0.39, 0.29) is 12.1 Å². The molecule has 0 bridgehead atoms. The number of anilines is 1. The lowest BCUT2D eigenvalue weighted by Gasteiger charge is -2.22. The molecule has 1 aromatic carbocycles. The van der Waals surface area contributed by atoms with Crippen LogP contribution in [-0.2, 0) is 0 Å². The third-order valence-electron chi connectivity index (χ3n) is 4.19. The minimum Gasteiger partial charge on any atom is -0.322 e. The van der Waals surface area contributed by atoms with Crippen LogP contribution in [0.4, 0.5) is 10.5 Å². The van der Waals surface area contributed by atoms with Crippen molar-refractivity contribution in [3.05, 3.63) is 29.8 Å². The zero-order valence-corrected chi connectivity index (χ0v) is 13.5. The molecule has 1 aliphatic rings. The third kappa shape index (κ3) is 3.97. The second-order valence-electron chi connectivity index (χ2n) is 6.18. The molecular formula is C17H27N3O. The van der Waals surface area contributed by atoms with Gasteiger partial charge in [-0.05, 0) is 50.4 Å². The molecule has 1 heterocycles. The van der Waals surface area contributed by atoms with Gasteiger partial charge in [0, 0.05) is 24.3 Å². The van der Waals surface area contributed by atoms with Crippen molar-refractivity contribution in [2.75, 3.05) is 18.4 Å². The minimum atomic E-state index is 0.0140. The molecule has 0 spiro atoms. The van der Waals surface area contributed by atoms with Crippen LogP contribution in [0, 0.1) is 5.92 Å². The normalized spacial score (nSPS) is 23.1. The van der Waals surface area contributed by atoms with E-state index in [1.165, 1.54) is 5.56 Å². The highest BCUT2D eigenvalue weighted by Crippen LogP contribution is 2.24. The van der Waals surface area contributed by atoms with Gasteiger partial charge in [0.25, 0.3) is 0 Å². The molecule has 2 rings (SSSR count). The fourth-order valence-corrected chi connectivity index (χ4v) is 3.09. The zero-order chi connectivity index (χ0) is 15.4. The van der Waals surface area contributed by atoms with Gasteiger partial charge in [0.2, 0.25) is 0 Å². The number of hydrogen-bond donors (Lipinski definition) is 2. The quantitative estimate of drug-likeness (QED) is 0.889. The third-order valence-corrected chi connectivity index (χ3v) is 4.19. The van der Waals surface area contributed by atoms with Crippen LogP contribution in [0.1, 0.15) is 45.7 Å². The Balaban J connectivity index is 2.02. The number of nitrogens with one attached hydrogen (secondary N) is 2. The van der Waals surface area contributed by atoms with Crippen LogP contribution in [0.2, 0.25) is 0 Å². The highest BCUT2D eigenvalue weighted by atomic mass is 16.2. The van der Waals surface area contributed by atoms with Gasteiger partial charge in [0.1, 0.15) is 0 Å². The second kappa shape index (κ2) is 6.94. The van der Waals surface area contributed by atoms with Gasteiger partial charge in [-0.25, -0.2) is 4.79 Å². The molecule has 116 valence electrons. The van der Waals surface area contributed by atoms with E-state index in [1.807, 2.05) is 17.0 Å². The number of carbonyl (C=O) groups excluding carboxylic acids is 1. The Morgan fingerprint density at radius 3 is 2.81 bits per heavy atom.